The van der Waals surface area contributed by atoms with Crippen molar-refractivity contribution in [1.29, 1.82) is 0 Å². The van der Waals surface area contributed by atoms with Crippen LogP contribution in [0.4, 0.5) is 13.2 Å². The van der Waals surface area contributed by atoms with Gasteiger partial charge in [-0.1, -0.05) is 6.07 Å². The number of rotatable bonds is 2. The molecule has 0 amide bonds. The summed E-state index contributed by atoms with van der Waals surface area (Å²) in [5, 5.41) is 0. The fraction of sp³-hybridized carbons (Fsp3) is 0.444. The molecule has 0 aliphatic rings. The highest BCUT2D eigenvalue weighted by molar-refractivity contribution is 5.17. The number of halogens is 3. The first kappa shape index (κ1) is 11.0. The van der Waals surface area contributed by atoms with Crippen LogP contribution in [0, 0.1) is 0 Å². The standard InChI is InChI=1S/C9H10F3NO/c1-6(14-2)7-3-4-8(13-5-7)9(10,11)12/h3-6H,1-2H3. The number of hydrogen-bond acceptors (Lipinski definition) is 2. The summed E-state index contributed by atoms with van der Waals surface area (Å²) in [4.78, 5) is 3.31. The Morgan fingerprint density at radius 2 is 2.00 bits per heavy atom. The maximum Gasteiger partial charge on any atom is 0.433 e. The third kappa shape index (κ3) is 2.45. The second kappa shape index (κ2) is 3.96. The molecule has 0 fully saturated rings. The molecule has 1 aromatic heterocycles. The SMILES string of the molecule is COC(C)c1ccc(C(F)(F)F)nc1. The van der Waals surface area contributed by atoms with E-state index in [2.05, 4.69) is 4.98 Å². The van der Waals surface area contributed by atoms with Gasteiger partial charge >= 0.3 is 6.18 Å². The second-order valence-electron chi connectivity index (χ2n) is 2.85. The number of pyridine rings is 1. The van der Waals surface area contributed by atoms with Gasteiger partial charge in [0.1, 0.15) is 5.69 Å². The molecule has 1 heterocycles. The van der Waals surface area contributed by atoms with E-state index in [4.69, 9.17) is 4.74 Å². The second-order valence-corrected chi connectivity index (χ2v) is 2.85. The molecule has 0 aliphatic carbocycles. The Balaban J connectivity index is 2.89. The van der Waals surface area contributed by atoms with Crippen LogP contribution in [0.15, 0.2) is 18.3 Å². The third-order valence-corrected chi connectivity index (χ3v) is 1.90. The highest BCUT2D eigenvalue weighted by Crippen LogP contribution is 2.28. The fourth-order valence-corrected chi connectivity index (χ4v) is 0.950. The molecule has 1 aromatic rings. The molecule has 0 aromatic carbocycles. The van der Waals surface area contributed by atoms with Gasteiger partial charge in [0.2, 0.25) is 0 Å². The van der Waals surface area contributed by atoms with Gasteiger partial charge in [-0.3, -0.25) is 4.98 Å². The monoisotopic (exact) mass is 205 g/mol. The Morgan fingerprint density at radius 3 is 2.36 bits per heavy atom. The molecule has 1 unspecified atom stereocenters. The van der Waals surface area contributed by atoms with Crippen LogP contribution < -0.4 is 0 Å². The van der Waals surface area contributed by atoms with Crippen molar-refractivity contribution in [2.45, 2.75) is 19.2 Å². The summed E-state index contributed by atoms with van der Waals surface area (Å²) < 4.78 is 41.3. The Bertz CT molecular complexity index is 294. The molecule has 0 bridgehead atoms. The van der Waals surface area contributed by atoms with E-state index in [0.717, 1.165) is 6.07 Å². The minimum atomic E-state index is -4.38. The van der Waals surface area contributed by atoms with Crippen molar-refractivity contribution in [2.75, 3.05) is 7.11 Å². The van der Waals surface area contributed by atoms with Gasteiger partial charge in [-0.25, -0.2) is 0 Å². The first-order valence-electron chi connectivity index (χ1n) is 4.01. The lowest BCUT2D eigenvalue weighted by Gasteiger charge is -2.10. The molecule has 2 nitrogen and oxygen atoms in total. The maximum atomic E-state index is 12.1. The normalized spacial score (nSPS) is 14.1. The van der Waals surface area contributed by atoms with E-state index in [1.165, 1.54) is 19.4 Å². The molecule has 1 rings (SSSR count). The van der Waals surface area contributed by atoms with Crippen molar-refractivity contribution >= 4 is 0 Å². The van der Waals surface area contributed by atoms with Gasteiger partial charge in [-0.05, 0) is 18.6 Å². The summed E-state index contributed by atoms with van der Waals surface area (Å²) in [6.45, 7) is 1.74. The Morgan fingerprint density at radius 1 is 1.36 bits per heavy atom. The molecule has 14 heavy (non-hydrogen) atoms. The zero-order valence-corrected chi connectivity index (χ0v) is 7.80. The molecule has 78 valence electrons. The van der Waals surface area contributed by atoms with Crippen molar-refractivity contribution in [1.82, 2.24) is 4.98 Å². The lowest BCUT2D eigenvalue weighted by Crippen LogP contribution is -2.08. The van der Waals surface area contributed by atoms with Crippen LogP contribution in [0.1, 0.15) is 24.3 Å². The minimum Gasteiger partial charge on any atom is -0.377 e. The van der Waals surface area contributed by atoms with Crippen LogP contribution in [-0.4, -0.2) is 12.1 Å². The lowest BCUT2D eigenvalue weighted by atomic mass is 10.2. The zero-order valence-electron chi connectivity index (χ0n) is 7.80. The molecular formula is C9H10F3NO. The average Bonchev–Trinajstić information content (AvgIpc) is 2.15. The molecule has 0 radical (unpaired) electrons. The highest BCUT2D eigenvalue weighted by Gasteiger charge is 2.32. The molecule has 0 N–H and O–H groups in total. The summed E-state index contributed by atoms with van der Waals surface area (Å²) in [5.41, 5.74) is -0.259. The predicted octanol–water partition coefficient (Wildman–Crippen LogP) is 2.81. The zero-order chi connectivity index (χ0) is 10.8. The third-order valence-electron chi connectivity index (χ3n) is 1.90. The van der Waals surface area contributed by atoms with E-state index in [1.807, 2.05) is 0 Å². The van der Waals surface area contributed by atoms with E-state index in [1.54, 1.807) is 6.92 Å². The van der Waals surface area contributed by atoms with Crippen LogP contribution >= 0.6 is 0 Å². The fourth-order valence-electron chi connectivity index (χ4n) is 0.950. The van der Waals surface area contributed by atoms with Crippen LogP contribution in [0.5, 0.6) is 0 Å². The van der Waals surface area contributed by atoms with E-state index in [-0.39, 0.29) is 6.10 Å². The number of ether oxygens (including phenoxy) is 1. The molecule has 5 heteroatoms. The van der Waals surface area contributed by atoms with Crippen LogP contribution in [-0.2, 0) is 10.9 Å². The number of nitrogens with zero attached hydrogens (tertiary/aromatic N) is 1. The van der Waals surface area contributed by atoms with Gasteiger partial charge in [-0.2, -0.15) is 13.2 Å². The van der Waals surface area contributed by atoms with Crippen molar-refractivity contribution in [3.63, 3.8) is 0 Å². The Labute approximate surface area is 79.7 Å². The quantitative estimate of drug-likeness (QED) is 0.740. The first-order valence-corrected chi connectivity index (χ1v) is 4.01. The number of hydrogen-bond donors (Lipinski definition) is 0. The number of aromatic nitrogens is 1. The van der Waals surface area contributed by atoms with E-state index < -0.39 is 11.9 Å². The van der Waals surface area contributed by atoms with Crippen molar-refractivity contribution in [3.05, 3.63) is 29.6 Å². The molecular weight excluding hydrogens is 195 g/mol. The van der Waals surface area contributed by atoms with Gasteiger partial charge in [0, 0.05) is 13.3 Å². The van der Waals surface area contributed by atoms with Gasteiger partial charge in [0.25, 0.3) is 0 Å². The largest absolute Gasteiger partial charge is 0.433 e. The van der Waals surface area contributed by atoms with Crippen LogP contribution in [0.2, 0.25) is 0 Å². The number of alkyl halides is 3. The van der Waals surface area contributed by atoms with Crippen molar-refractivity contribution in [3.8, 4) is 0 Å². The van der Waals surface area contributed by atoms with Gasteiger partial charge < -0.3 is 4.74 Å². The first-order chi connectivity index (χ1) is 6.45. The average molecular weight is 205 g/mol. The van der Waals surface area contributed by atoms with E-state index in [0.29, 0.717) is 5.56 Å². The minimum absolute atomic E-state index is 0.246. The molecule has 0 spiro atoms. The molecule has 0 saturated carbocycles. The lowest BCUT2D eigenvalue weighted by molar-refractivity contribution is -0.141. The predicted molar refractivity (Wildman–Crippen MR) is 44.7 cm³/mol. The van der Waals surface area contributed by atoms with Gasteiger partial charge in [-0.15, -0.1) is 0 Å². The van der Waals surface area contributed by atoms with E-state index >= 15 is 0 Å². The summed E-state index contributed by atoms with van der Waals surface area (Å²) in [7, 11) is 1.49. The number of methoxy groups -OCH3 is 1. The van der Waals surface area contributed by atoms with Crippen LogP contribution in [0.3, 0.4) is 0 Å². The maximum absolute atomic E-state index is 12.1. The van der Waals surface area contributed by atoms with Crippen molar-refractivity contribution < 1.29 is 17.9 Å². The Kier molecular flexibility index (Phi) is 3.10. The summed E-state index contributed by atoms with van der Waals surface area (Å²) >= 11 is 0. The topological polar surface area (TPSA) is 22.1 Å². The van der Waals surface area contributed by atoms with Crippen LogP contribution in [0.25, 0.3) is 0 Å². The molecule has 0 saturated heterocycles. The molecule has 0 aliphatic heterocycles. The molecule has 1 atom stereocenters. The summed E-state index contributed by atoms with van der Waals surface area (Å²) in [5.74, 6) is 0. The van der Waals surface area contributed by atoms with Gasteiger partial charge in [0.05, 0.1) is 6.10 Å². The van der Waals surface area contributed by atoms with Gasteiger partial charge in [0.15, 0.2) is 0 Å². The Hall–Kier alpha value is -1.10. The van der Waals surface area contributed by atoms with Crippen molar-refractivity contribution in [2.24, 2.45) is 0 Å². The summed E-state index contributed by atoms with van der Waals surface area (Å²) in [6.07, 6.45) is -3.45. The summed E-state index contributed by atoms with van der Waals surface area (Å²) in [6, 6.07) is 2.31. The van der Waals surface area contributed by atoms with E-state index in [9.17, 15) is 13.2 Å². The smallest absolute Gasteiger partial charge is 0.377 e. The highest BCUT2D eigenvalue weighted by atomic mass is 19.4.